The van der Waals surface area contributed by atoms with Gasteiger partial charge >= 0.3 is 5.97 Å². The predicted molar refractivity (Wildman–Crippen MR) is 53.1 cm³/mol. The van der Waals surface area contributed by atoms with Crippen LogP contribution in [0.1, 0.15) is 26.2 Å². The van der Waals surface area contributed by atoms with Gasteiger partial charge in [0.05, 0.1) is 13.7 Å². The van der Waals surface area contributed by atoms with Crippen molar-refractivity contribution < 1.29 is 14.3 Å². The monoisotopic (exact) mass is 201 g/mol. The van der Waals surface area contributed by atoms with Crippen molar-refractivity contribution in [3.05, 3.63) is 0 Å². The van der Waals surface area contributed by atoms with Gasteiger partial charge in [-0.25, -0.2) is 4.79 Å². The highest BCUT2D eigenvalue weighted by Crippen LogP contribution is 2.08. The molecule has 1 fully saturated rings. The fourth-order valence-electron chi connectivity index (χ4n) is 1.56. The number of carbonyl (C=O) groups excluding carboxylic acids is 1. The third-order valence-corrected chi connectivity index (χ3v) is 2.49. The molecule has 1 heterocycles. The van der Waals surface area contributed by atoms with Gasteiger partial charge in [0.15, 0.2) is 6.10 Å². The first kappa shape index (κ1) is 11.5. The topological polar surface area (TPSA) is 47.6 Å². The van der Waals surface area contributed by atoms with E-state index in [2.05, 4.69) is 10.1 Å². The molecule has 1 rings (SSSR count). The highest BCUT2D eigenvalue weighted by atomic mass is 16.6. The Hall–Kier alpha value is -0.610. The lowest BCUT2D eigenvalue weighted by atomic mass is 10.1. The van der Waals surface area contributed by atoms with E-state index in [4.69, 9.17) is 4.74 Å². The zero-order valence-electron chi connectivity index (χ0n) is 8.91. The van der Waals surface area contributed by atoms with Crippen LogP contribution in [0.25, 0.3) is 0 Å². The van der Waals surface area contributed by atoms with Gasteiger partial charge in [0, 0.05) is 6.04 Å². The zero-order valence-corrected chi connectivity index (χ0v) is 8.91. The molecule has 0 aromatic carbocycles. The van der Waals surface area contributed by atoms with Gasteiger partial charge < -0.3 is 14.8 Å². The second-order valence-electron chi connectivity index (χ2n) is 3.65. The van der Waals surface area contributed by atoms with Crippen LogP contribution in [0.3, 0.4) is 0 Å². The molecule has 1 aliphatic rings. The number of hydrogen-bond donors (Lipinski definition) is 1. The molecule has 2 atom stereocenters. The third kappa shape index (κ3) is 3.64. The standard InChI is InChI=1S/C10H19NO3/c1-8(10(12)13-2)14-7-9-5-3-4-6-11-9/h8-9,11H,3-7H2,1-2H3. The van der Waals surface area contributed by atoms with Crippen molar-refractivity contribution in [2.75, 3.05) is 20.3 Å². The molecule has 0 aromatic rings. The maximum Gasteiger partial charge on any atom is 0.334 e. The number of hydrogen-bond acceptors (Lipinski definition) is 4. The fourth-order valence-corrected chi connectivity index (χ4v) is 1.56. The molecule has 0 aromatic heterocycles. The third-order valence-electron chi connectivity index (χ3n) is 2.49. The summed E-state index contributed by atoms with van der Waals surface area (Å²) in [6.07, 6.45) is 3.16. The fraction of sp³-hybridized carbons (Fsp3) is 0.900. The number of ether oxygens (including phenoxy) is 2. The van der Waals surface area contributed by atoms with E-state index >= 15 is 0 Å². The van der Waals surface area contributed by atoms with E-state index in [0.29, 0.717) is 12.6 Å². The van der Waals surface area contributed by atoms with Gasteiger partial charge in [-0.15, -0.1) is 0 Å². The van der Waals surface area contributed by atoms with Crippen LogP contribution in [0.4, 0.5) is 0 Å². The smallest absolute Gasteiger partial charge is 0.334 e. The Morgan fingerprint density at radius 2 is 2.36 bits per heavy atom. The maximum atomic E-state index is 11.0. The number of rotatable bonds is 4. The lowest BCUT2D eigenvalue weighted by Crippen LogP contribution is -2.39. The number of carbonyl (C=O) groups is 1. The van der Waals surface area contributed by atoms with E-state index in [0.717, 1.165) is 13.0 Å². The summed E-state index contributed by atoms with van der Waals surface area (Å²) in [5.74, 6) is -0.305. The molecule has 0 radical (unpaired) electrons. The first-order chi connectivity index (χ1) is 6.74. The van der Waals surface area contributed by atoms with Gasteiger partial charge in [-0.3, -0.25) is 0 Å². The van der Waals surface area contributed by atoms with Crippen molar-refractivity contribution in [2.45, 2.75) is 38.3 Å². The quantitative estimate of drug-likeness (QED) is 0.680. The summed E-state index contributed by atoms with van der Waals surface area (Å²) in [5.41, 5.74) is 0. The molecule has 14 heavy (non-hydrogen) atoms. The molecule has 4 nitrogen and oxygen atoms in total. The molecule has 0 amide bonds. The van der Waals surface area contributed by atoms with Crippen LogP contribution in [0.5, 0.6) is 0 Å². The number of methoxy groups -OCH3 is 1. The molecule has 1 aliphatic heterocycles. The normalized spacial score (nSPS) is 24.3. The van der Waals surface area contributed by atoms with Crippen LogP contribution in [-0.4, -0.2) is 38.4 Å². The summed E-state index contributed by atoms with van der Waals surface area (Å²) >= 11 is 0. The van der Waals surface area contributed by atoms with Crippen molar-refractivity contribution in [2.24, 2.45) is 0 Å². The average molecular weight is 201 g/mol. The van der Waals surface area contributed by atoms with Crippen molar-refractivity contribution in [1.82, 2.24) is 5.32 Å². The maximum absolute atomic E-state index is 11.0. The lowest BCUT2D eigenvalue weighted by Gasteiger charge is -2.24. The summed E-state index contributed by atoms with van der Waals surface area (Å²) in [6.45, 7) is 3.37. The summed E-state index contributed by atoms with van der Waals surface area (Å²) in [4.78, 5) is 11.0. The molecule has 0 saturated carbocycles. The van der Waals surface area contributed by atoms with Gasteiger partial charge in [-0.2, -0.15) is 0 Å². The van der Waals surface area contributed by atoms with Crippen molar-refractivity contribution in [1.29, 1.82) is 0 Å². The van der Waals surface area contributed by atoms with Crippen LogP contribution in [0.2, 0.25) is 0 Å². The van der Waals surface area contributed by atoms with E-state index < -0.39 is 6.10 Å². The average Bonchev–Trinajstić information content (AvgIpc) is 2.26. The highest BCUT2D eigenvalue weighted by molar-refractivity contribution is 5.73. The van der Waals surface area contributed by atoms with Crippen LogP contribution in [-0.2, 0) is 14.3 Å². The van der Waals surface area contributed by atoms with Crippen molar-refractivity contribution in [3.63, 3.8) is 0 Å². The Kier molecular flexibility index (Phi) is 4.90. The van der Waals surface area contributed by atoms with Gasteiger partial charge in [-0.05, 0) is 26.3 Å². The molecule has 0 aliphatic carbocycles. The number of nitrogens with one attached hydrogen (secondary N) is 1. The molecule has 82 valence electrons. The SMILES string of the molecule is COC(=O)C(C)OCC1CCCCN1. The predicted octanol–water partition coefficient (Wildman–Crippen LogP) is 0.707. The summed E-state index contributed by atoms with van der Waals surface area (Å²) in [5, 5.41) is 3.35. The Bertz CT molecular complexity index is 178. The van der Waals surface area contributed by atoms with Gasteiger partial charge in [-0.1, -0.05) is 6.42 Å². The first-order valence-electron chi connectivity index (χ1n) is 5.17. The van der Waals surface area contributed by atoms with E-state index in [1.54, 1.807) is 6.92 Å². The lowest BCUT2D eigenvalue weighted by molar-refractivity contribution is -0.153. The van der Waals surface area contributed by atoms with E-state index in [1.165, 1.54) is 20.0 Å². The summed E-state index contributed by atoms with van der Waals surface area (Å²) in [7, 11) is 1.38. The Balaban J connectivity index is 2.15. The summed E-state index contributed by atoms with van der Waals surface area (Å²) < 4.78 is 9.96. The molecule has 0 spiro atoms. The molecule has 1 N–H and O–H groups in total. The van der Waals surface area contributed by atoms with Gasteiger partial charge in [0.1, 0.15) is 0 Å². The Morgan fingerprint density at radius 3 is 2.93 bits per heavy atom. The van der Waals surface area contributed by atoms with E-state index in [9.17, 15) is 4.79 Å². The van der Waals surface area contributed by atoms with E-state index in [-0.39, 0.29) is 5.97 Å². The second kappa shape index (κ2) is 5.98. The highest BCUT2D eigenvalue weighted by Gasteiger charge is 2.17. The first-order valence-corrected chi connectivity index (χ1v) is 5.17. The van der Waals surface area contributed by atoms with Crippen LogP contribution in [0.15, 0.2) is 0 Å². The molecular weight excluding hydrogens is 182 g/mol. The van der Waals surface area contributed by atoms with Crippen molar-refractivity contribution in [3.8, 4) is 0 Å². The minimum absolute atomic E-state index is 0.305. The van der Waals surface area contributed by atoms with Gasteiger partial charge in [0.25, 0.3) is 0 Å². The minimum Gasteiger partial charge on any atom is -0.467 e. The largest absolute Gasteiger partial charge is 0.467 e. The molecule has 4 heteroatoms. The zero-order chi connectivity index (χ0) is 10.4. The minimum atomic E-state index is -0.455. The van der Waals surface area contributed by atoms with E-state index in [1.807, 2.05) is 0 Å². The van der Waals surface area contributed by atoms with Crippen LogP contribution < -0.4 is 5.32 Å². The number of esters is 1. The molecule has 1 saturated heterocycles. The Morgan fingerprint density at radius 1 is 1.57 bits per heavy atom. The van der Waals surface area contributed by atoms with Crippen molar-refractivity contribution >= 4 is 5.97 Å². The van der Waals surface area contributed by atoms with Gasteiger partial charge in [0.2, 0.25) is 0 Å². The van der Waals surface area contributed by atoms with Crippen LogP contribution in [0, 0.1) is 0 Å². The van der Waals surface area contributed by atoms with Crippen LogP contribution >= 0.6 is 0 Å². The Labute approximate surface area is 85.0 Å². The molecular formula is C10H19NO3. The molecule has 0 bridgehead atoms. The molecule has 2 unspecified atom stereocenters. The second-order valence-corrected chi connectivity index (χ2v) is 3.65. The summed E-state index contributed by atoms with van der Waals surface area (Å²) in [6, 6.07) is 0.399. The number of piperidine rings is 1.